The van der Waals surface area contributed by atoms with Crippen LogP contribution in [0.1, 0.15) is 17.4 Å². The van der Waals surface area contributed by atoms with E-state index in [1.54, 1.807) is 13.3 Å². The number of hydrogen-bond donors (Lipinski definition) is 0. The maximum absolute atomic E-state index is 6.07. The van der Waals surface area contributed by atoms with Crippen LogP contribution in [-0.4, -0.2) is 51.5 Å². The van der Waals surface area contributed by atoms with Crippen molar-refractivity contribution in [3.05, 3.63) is 78.2 Å². The first-order chi connectivity index (χ1) is 14.8. The molecule has 0 aliphatic carbocycles. The van der Waals surface area contributed by atoms with Crippen molar-refractivity contribution in [2.45, 2.75) is 12.6 Å². The number of morpholine rings is 1. The summed E-state index contributed by atoms with van der Waals surface area (Å²) >= 11 is 0. The van der Waals surface area contributed by atoms with Gasteiger partial charge in [0.2, 0.25) is 5.88 Å². The monoisotopic (exact) mass is 401 g/mol. The van der Waals surface area contributed by atoms with Crippen molar-refractivity contribution >= 4 is 5.52 Å². The molecule has 1 aliphatic rings. The molecule has 1 fully saturated rings. The summed E-state index contributed by atoms with van der Waals surface area (Å²) in [7, 11) is 1.65. The largest absolute Gasteiger partial charge is 0.481 e. The molecule has 0 spiro atoms. The lowest BCUT2D eigenvalue weighted by molar-refractivity contribution is -0.0345. The predicted molar refractivity (Wildman–Crippen MR) is 113 cm³/mol. The zero-order chi connectivity index (χ0) is 20.3. The normalized spacial score (nSPS) is 17.3. The zero-order valence-corrected chi connectivity index (χ0v) is 16.8. The lowest BCUT2D eigenvalue weighted by atomic mass is 10.1. The smallest absolute Gasteiger partial charge is 0.217 e. The average Bonchev–Trinajstić information content (AvgIpc) is 3.23. The molecule has 7 heteroatoms. The van der Waals surface area contributed by atoms with Crippen LogP contribution in [0.3, 0.4) is 0 Å². The molecule has 0 amide bonds. The maximum atomic E-state index is 6.07. The second-order valence-electron chi connectivity index (χ2n) is 7.35. The molecule has 1 aromatic carbocycles. The number of benzene rings is 1. The van der Waals surface area contributed by atoms with Gasteiger partial charge in [0.1, 0.15) is 11.8 Å². The number of rotatable bonds is 5. The first-order valence-corrected chi connectivity index (χ1v) is 10.0. The van der Waals surface area contributed by atoms with Gasteiger partial charge in [0, 0.05) is 43.2 Å². The van der Waals surface area contributed by atoms with Gasteiger partial charge in [0.05, 0.1) is 19.2 Å². The number of fused-ring (bicyclic) bond motifs is 1. The molecule has 7 nitrogen and oxygen atoms in total. The first kappa shape index (κ1) is 18.7. The molecule has 1 aliphatic heterocycles. The van der Waals surface area contributed by atoms with Gasteiger partial charge in [-0.3, -0.25) is 4.90 Å². The molecule has 0 unspecified atom stereocenters. The minimum absolute atomic E-state index is 0.124. The summed E-state index contributed by atoms with van der Waals surface area (Å²) in [5, 5.41) is 8.81. The van der Waals surface area contributed by atoms with E-state index in [2.05, 4.69) is 50.5 Å². The fourth-order valence-corrected chi connectivity index (χ4v) is 3.93. The van der Waals surface area contributed by atoms with E-state index >= 15 is 0 Å². The fourth-order valence-electron chi connectivity index (χ4n) is 3.93. The summed E-state index contributed by atoms with van der Waals surface area (Å²) in [5.41, 5.74) is 5.18. The van der Waals surface area contributed by atoms with E-state index in [4.69, 9.17) is 9.47 Å². The van der Waals surface area contributed by atoms with Gasteiger partial charge in [0.25, 0.3) is 0 Å². The van der Waals surface area contributed by atoms with Crippen molar-refractivity contribution in [2.75, 3.05) is 26.8 Å². The van der Waals surface area contributed by atoms with Gasteiger partial charge >= 0.3 is 0 Å². The Balaban J connectivity index is 1.37. The lowest BCUT2D eigenvalue weighted by Gasteiger charge is -2.32. The molecule has 30 heavy (non-hydrogen) atoms. The van der Waals surface area contributed by atoms with E-state index in [1.165, 1.54) is 0 Å². The molecule has 4 aromatic rings. The zero-order valence-electron chi connectivity index (χ0n) is 16.8. The third-order valence-corrected chi connectivity index (χ3v) is 5.44. The number of nitrogens with zero attached hydrogens (tertiary/aromatic N) is 5. The van der Waals surface area contributed by atoms with Gasteiger partial charge in [-0.2, -0.15) is 0 Å². The van der Waals surface area contributed by atoms with Crippen LogP contribution in [0, 0.1) is 0 Å². The number of aromatic nitrogens is 4. The molecule has 0 N–H and O–H groups in total. The molecule has 0 bridgehead atoms. The molecular formula is C23H23N5O2. The molecule has 3 aromatic heterocycles. The molecule has 0 saturated carbocycles. The Hall–Kier alpha value is -3.29. The van der Waals surface area contributed by atoms with E-state index in [9.17, 15) is 0 Å². The van der Waals surface area contributed by atoms with Gasteiger partial charge in [-0.05, 0) is 17.7 Å². The topological polar surface area (TPSA) is 64.8 Å². The van der Waals surface area contributed by atoms with Crippen molar-refractivity contribution in [2.24, 2.45) is 0 Å². The summed E-state index contributed by atoms with van der Waals surface area (Å²) < 4.78 is 13.3. The van der Waals surface area contributed by atoms with Crippen molar-refractivity contribution in [1.29, 1.82) is 0 Å². The Morgan fingerprint density at radius 1 is 1.07 bits per heavy atom. The number of ether oxygens (including phenoxy) is 2. The predicted octanol–water partition coefficient (Wildman–Crippen LogP) is 3.37. The van der Waals surface area contributed by atoms with Gasteiger partial charge in [-0.15, -0.1) is 5.10 Å². The van der Waals surface area contributed by atoms with E-state index < -0.39 is 0 Å². The number of methoxy groups -OCH3 is 1. The van der Waals surface area contributed by atoms with Crippen molar-refractivity contribution in [3.8, 4) is 17.0 Å². The lowest BCUT2D eigenvalue weighted by Crippen LogP contribution is -2.38. The van der Waals surface area contributed by atoms with Crippen LogP contribution in [0.25, 0.3) is 16.6 Å². The SMILES string of the molecule is COc1ncccc1CN1CCO[C@H](c2nnn3cc(-c4ccccc4)ccc23)C1. The molecule has 0 radical (unpaired) electrons. The average molecular weight is 401 g/mol. The Kier molecular flexibility index (Phi) is 5.13. The summed E-state index contributed by atoms with van der Waals surface area (Å²) in [5.74, 6) is 0.670. The standard InChI is InChI=1S/C23H23N5O2/c1-29-23-19(8-5-11-24-23)14-27-12-13-30-21(16-27)22-20-10-9-18(15-28(20)26-25-22)17-6-3-2-4-7-17/h2-11,15,21H,12-14,16H2,1H3/t21-/m0/s1. The Morgan fingerprint density at radius 2 is 1.97 bits per heavy atom. The summed E-state index contributed by atoms with van der Waals surface area (Å²) in [6.45, 7) is 3.00. The Labute approximate surface area is 174 Å². The molecule has 1 saturated heterocycles. The highest BCUT2D eigenvalue weighted by atomic mass is 16.5. The van der Waals surface area contributed by atoms with E-state index in [0.29, 0.717) is 12.5 Å². The minimum Gasteiger partial charge on any atom is -0.481 e. The van der Waals surface area contributed by atoms with Gasteiger partial charge < -0.3 is 9.47 Å². The first-order valence-electron chi connectivity index (χ1n) is 10.0. The van der Waals surface area contributed by atoms with Crippen LogP contribution in [0.15, 0.2) is 67.0 Å². The quantitative estimate of drug-likeness (QED) is 0.511. The number of pyridine rings is 2. The molecular weight excluding hydrogens is 378 g/mol. The maximum Gasteiger partial charge on any atom is 0.217 e. The number of hydrogen-bond acceptors (Lipinski definition) is 6. The van der Waals surface area contributed by atoms with Crippen molar-refractivity contribution in [3.63, 3.8) is 0 Å². The van der Waals surface area contributed by atoms with Gasteiger partial charge in [-0.25, -0.2) is 9.50 Å². The second kappa shape index (κ2) is 8.22. The van der Waals surface area contributed by atoms with Crippen LogP contribution in [0.2, 0.25) is 0 Å². The molecule has 4 heterocycles. The minimum atomic E-state index is -0.124. The summed E-state index contributed by atoms with van der Waals surface area (Å²) in [4.78, 5) is 6.64. The third kappa shape index (κ3) is 3.65. The highest BCUT2D eigenvalue weighted by Gasteiger charge is 2.27. The third-order valence-electron chi connectivity index (χ3n) is 5.44. The van der Waals surface area contributed by atoms with Crippen LogP contribution in [0.5, 0.6) is 5.88 Å². The molecule has 1 atom stereocenters. The Morgan fingerprint density at radius 3 is 2.83 bits per heavy atom. The fraction of sp³-hybridized carbons (Fsp3) is 0.261. The highest BCUT2D eigenvalue weighted by molar-refractivity contribution is 5.66. The highest BCUT2D eigenvalue weighted by Crippen LogP contribution is 2.28. The van der Waals surface area contributed by atoms with Crippen LogP contribution in [0.4, 0.5) is 0 Å². The van der Waals surface area contributed by atoms with E-state index in [0.717, 1.165) is 47.5 Å². The van der Waals surface area contributed by atoms with Crippen LogP contribution in [-0.2, 0) is 11.3 Å². The van der Waals surface area contributed by atoms with E-state index in [-0.39, 0.29) is 6.10 Å². The van der Waals surface area contributed by atoms with Crippen LogP contribution >= 0.6 is 0 Å². The van der Waals surface area contributed by atoms with E-state index in [1.807, 2.05) is 35.0 Å². The van der Waals surface area contributed by atoms with Gasteiger partial charge in [0.15, 0.2) is 0 Å². The second-order valence-corrected chi connectivity index (χ2v) is 7.35. The van der Waals surface area contributed by atoms with Gasteiger partial charge in [-0.1, -0.05) is 47.7 Å². The summed E-state index contributed by atoms with van der Waals surface area (Å²) in [6.07, 6.45) is 3.64. The van der Waals surface area contributed by atoms with Crippen LogP contribution < -0.4 is 4.74 Å². The molecule has 152 valence electrons. The van der Waals surface area contributed by atoms with Crippen molar-refractivity contribution in [1.82, 2.24) is 24.7 Å². The van der Waals surface area contributed by atoms with Crippen molar-refractivity contribution < 1.29 is 9.47 Å². The molecule has 5 rings (SSSR count). The Bertz CT molecular complexity index is 1140. The summed E-state index contributed by atoms with van der Waals surface area (Å²) in [6, 6.07) is 18.4.